The largest absolute Gasteiger partial charge is 0.469 e. The first-order valence-corrected chi connectivity index (χ1v) is 10.7. The van der Waals surface area contributed by atoms with Crippen LogP contribution in [0.25, 0.3) is 0 Å². The minimum Gasteiger partial charge on any atom is -0.455 e. The van der Waals surface area contributed by atoms with Gasteiger partial charge in [-0.3, -0.25) is 4.52 Å². The van der Waals surface area contributed by atoms with Gasteiger partial charge in [0.1, 0.15) is 6.10 Å². The van der Waals surface area contributed by atoms with Gasteiger partial charge in [-0.25, -0.2) is 9.36 Å². The summed E-state index contributed by atoms with van der Waals surface area (Å²) in [5, 5.41) is 18.8. The maximum atomic E-state index is 11.4. The molecule has 3 atom stereocenters. The predicted octanol–water partition coefficient (Wildman–Crippen LogP) is 2.33. The van der Waals surface area contributed by atoms with Crippen LogP contribution in [-0.4, -0.2) is 50.9 Å². The summed E-state index contributed by atoms with van der Waals surface area (Å²) in [6.07, 6.45) is 13.8. The number of phosphoric acid groups is 1. The van der Waals surface area contributed by atoms with Crippen LogP contribution in [-0.2, 0) is 18.6 Å². The third kappa shape index (κ3) is 11.1. The predicted molar refractivity (Wildman–Crippen MR) is 109 cm³/mol. The maximum absolute atomic E-state index is 11.4. The van der Waals surface area contributed by atoms with Crippen molar-refractivity contribution in [2.75, 3.05) is 6.61 Å². The van der Waals surface area contributed by atoms with E-state index in [9.17, 15) is 24.3 Å². The molecule has 8 nitrogen and oxygen atoms in total. The second-order valence-corrected chi connectivity index (χ2v) is 8.25. The molecule has 1 aliphatic rings. The number of carbonyl (C=O) groups is 1. The topological polar surface area (TPSA) is 134 Å². The highest BCUT2D eigenvalue weighted by molar-refractivity contribution is 7.46. The van der Waals surface area contributed by atoms with Gasteiger partial charge in [-0.05, 0) is 6.08 Å². The third-order valence-electron chi connectivity index (χ3n) is 4.09. The third-order valence-corrected chi connectivity index (χ3v) is 4.62. The van der Waals surface area contributed by atoms with E-state index < -0.39 is 37.5 Å². The van der Waals surface area contributed by atoms with E-state index in [1.54, 1.807) is 62.5 Å². The van der Waals surface area contributed by atoms with Crippen LogP contribution in [0.15, 0.2) is 60.8 Å². The summed E-state index contributed by atoms with van der Waals surface area (Å²) in [4.78, 5) is 29.8. The van der Waals surface area contributed by atoms with Crippen molar-refractivity contribution in [3.8, 4) is 0 Å². The van der Waals surface area contributed by atoms with Crippen molar-refractivity contribution >= 4 is 13.8 Å². The van der Waals surface area contributed by atoms with Crippen LogP contribution in [0.2, 0.25) is 0 Å². The monoisotopic (exact) mass is 428 g/mol. The molecule has 1 rings (SSSR count). The Kier molecular flexibility index (Phi) is 10.5. The molecule has 0 aromatic carbocycles. The zero-order valence-electron chi connectivity index (χ0n) is 16.5. The average molecular weight is 428 g/mol. The van der Waals surface area contributed by atoms with Gasteiger partial charge in [0.25, 0.3) is 0 Å². The number of phosphoric ester groups is 1. The molecule has 4 N–H and O–H groups in total. The summed E-state index contributed by atoms with van der Waals surface area (Å²) in [6, 6.07) is 0. The number of esters is 1. The average Bonchev–Trinajstić information content (AvgIpc) is 2.61. The SMILES string of the molecule is CC(C)(/C=C/[C@H]1CC=CC(=O)O1)[C@@H](C[C@@H](O)\C=C/C=C\C=C\CO)OP(=O)(O)O. The molecule has 1 heterocycles. The Morgan fingerprint density at radius 3 is 2.62 bits per heavy atom. The molecule has 0 amide bonds. The number of ether oxygens (including phenoxy) is 1. The number of aliphatic hydroxyl groups is 2. The first-order chi connectivity index (χ1) is 13.5. The number of allylic oxidation sites excluding steroid dienone is 4. The zero-order valence-corrected chi connectivity index (χ0v) is 17.4. The first-order valence-electron chi connectivity index (χ1n) is 9.13. The Morgan fingerprint density at radius 1 is 1.31 bits per heavy atom. The second-order valence-electron chi connectivity index (χ2n) is 7.06. The normalized spacial score (nSPS) is 20.9. The van der Waals surface area contributed by atoms with E-state index in [1.165, 1.54) is 12.2 Å². The highest BCUT2D eigenvalue weighted by atomic mass is 31.2. The molecule has 0 spiro atoms. The molecular formula is C20H29O8P. The number of hydrogen-bond acceptors (Lipinski definition) is 6. The van der Waals surface area contributed by atoms with Crippen molar-refractivity contribution in [2.45, 2.75) is 45.0 Å². The molecule has 0 bridgehead atoms. The summed E-state index contributed by atoms with van der Waals surface area (Å²) in [5.41, 5.74) is -0.872. The Labute approximate surface area is 170 Å². The summed E-state index contributed by atoms with van der Waals surface area (Å²) in [6.45, 7) is 3.34. The molecule has 0 aliphatic carbocycles. The van der Waals surface area contributed by atoms with E-state index in [0.717, 1.165) is 0 Å². The van der Waals surface area contributed by atoms with Crippen LogP contribution >= 0.6 is 7.82 Å². The number of aliphatic hydroxyl groups excluding tert-OH is 2. The van der Waals surface area contributed by atoms with Crippen molar-refractivity contribution in [2.24, 2.45) is 5.41 Å². The van der Waals surface area contributed by atoms with Crippen LogP contribution in [0.1, 0.15) is 26.7 Å². The molecule has 0 aromatic heterocycles. The lowest BCUT2D eigenvalue weighted by Crippen LogP contribution is -2.33. The van der Waals surface area contributed by atoms with E-state index >= 15 is 0 Å². The van der Waals surface area contributed by atoms with Gasteiger partial charge < -0.3 is 24.7 Å². The van der Waals surface area contributed by atoms with E-state index in [0.29, 0.717) is 6.42 Å². The Morgan fingerprint density at radius 2 is 2.00 bits per heavy atom. The smallest absolute Gasteiger partial charge is 0.455 e. The van der Waals surface area contributed by atoms with Gasteiger partial charge in [0.2, 0.25) is 0 Å². The number of carbonyl (C=O) groups excluding carboxylic acids is 1. The van der Waals surface area contributed by atoms with E-state index in [2.05, 4.69) is 0 Å². The van der Waals surface area contributed by atoms with Crippen LogP contribution in [0.5, 0.6) is 0 Å². The van der Waals surface area contributed by atoms with Crippen LogP contribution in [0.4, 0.5) is 0 Å². The molecule has 0 saturated carbocycles. The second kappa shape index (κ2) is 12.0. The van der Waals surface area contributed by atoms with Crippen LogP contribution < -0.4 is 0 Å². The molecule has 0 unspecified atom stereocenters. The fraction of sp³-hybridized carbons (Fsp3) is 0.450. The van der Waals surface area contributed by atoms with Crippen molar-refractivity contribution in [1.82, 2.24) is 0 Å². The Bertz CT molecular complexity index is 714. The lowest BCUT2D eigenvalue weighted by molar-refractivity contribution is -0.141. The standard InChI is InChI=1S/C20H29O8P/c1-20(2,13-12-17-10-8-11-19(23)27-17)18(28-29(24,25)26)15-16(22)9-6-4-3-5-7-14-21/h3-9,11-13,16-18,21-22H,10,14-15H2,1-2H3,(H2,24,25,26)/b4-3-,7-5+,9-6-,13-12+/t16-,17+,18+/m0/s1. The summed E-state index contributed by atoms with van der Waals surface area (Å²) < 4.78 is 21.5. The van der Waals surface area contributed by atoms with Crippen molar-refractivity contribution in [1.29, 1.82) is 0 Å². The molecule has 9 heteroatoms. The highest BCUT2D eigenvalue weighted by Gasteiger charge is 2.35. The minimum absolute atomic E-state index is 0.0658. The lowest BCUT2D eigenvalue weighted by atomic mass is 9.82. The van der Waals surface area contributed by atoms with Gasteiger partial charge in [0.05, 0.1) is 18.8 Å². The van der Waals surface area contributed by atoms with Crippen LogP contribution in [0, 0.1) is 5.41 Å². The Hall–Kier alpha value is -1.80. The summed E-state index contributed by atoms with van der Waals surface area (Å²) >= 11 is 0. The van der Waals surface area contributed by atoms with Crippen molar-refractivity contribution in [3.63, 3.8) is 0 Å². The Balaban J connectivity index is 2.84. The minimum atomic E-state index is -4.80. The van der Waals surface area contributed by atoms with Gasteiger partial charge in [-0.15, -0.1) is 0 Å². The molecule has 0 saturated heterocycles. The fourth-order valence-electron chi connectivity index (χ4n) is 2.52. The van der Waals surface area contributed by atoms with E-state index in [4.69, 9.17) is 14.4 Å². The molecule has 0 aromatic rings. The van der Waals surface area contributed by atoms with Crippen molar-refractivity contribution in [3.05, 3.63) is 60.8 Å². The molecular weight excluding hydrogens is 399 g/mol. The molecule has 0 radical (unpaired) electrons. The fourth-order valence-corrected chi connectivity index (χ4v) is 3.21. The number of hydrogen-bond donors (Lipinski definition) is 4. The van der Waals surface area contributed by atoms with Gasteiger partial charge >= 0.3 is 13.8 Å². The van der Waals surface area contributed by atoms with Gasteiger partial charge in [-0.1, -0.05) is 62.5 Å². The summed E-state index contributed by atoms with van der Waals surface area (Å²) in [7, 11) is -4.80. The van der Waals surface area contributed by atoms with Gasteiger partial charge in [-0.2, -0.15) is 0 Å². The van der Waals surface area contributed by atoms with Crippen molar-refractivity contribution < 1.29 is 38.6 Å². The molecule has 1 aliphatic heterocycles. The van der Waals surface area contributed by atoms with Crippen LogP contribution in [0.3, 0.4) is 0 Å². The van der Waals surface area contributed by atoms with E-state index in [1.807, 2.05) is 0 Å². The molecule has 29 heavy (non-hydrogen) atoms. The highest BCUT2D eigenvalue weighted by Crippen LogP contribution is 2.44. The number of rotatable bonds is 11. The molecule has 0 fully saturated rings. The zero-order chi connectivity index (χ0) is 21.9. The van der Waals surface area contributed by atoms with Gasteiger partial charge in [0.15, 0.2) is 0 Å². The maximum Gasteiger partial charge on any atom is 0.469 e. The first kappa shape index (κ1) is 25.2. The molecule has 162 valence electrons. The quantitative estimate of drug-likeness (QED) is 0.171. The van der Waals surface area contributed by atoms with Gasteiger partial charge in [0, 0.05) is 24.3 Å². The lowest BCUT2D eigenvalue weighted by Gasteiger charge is -2.33. The van der Waals surface area contributed by atoms with E-state index in [-0.39, 0.29) is 13.0 Å². The number of cyclic esters (lactones) is 1. The summed E-state index contributed by atoms with van der Waals surface area (Å²) in [5.74, 6) is -0.450.